The molecule has 0 aliphatic carbocycles. The second kappa shape index (κ2) is 6.67. The second-order valence-corrected chi connectivity index (χ2v) is 6.23. The molecule has 0 saturated heterocycles. The quantitative estimate of drug-likeness (QED) is 0.710. The summed E-state index contributed by atoms with van der Waals surface area (Å²) in [6.45, 7) is 2.27. The molecule has 0 radical (unpaired) electrons. The van der Waals surface area contributed by atoms with Crippen molar-refractivity contribution in [2.45, 2.75) is 13.5 Å². The monoisotopic (exact) mass is 323 g/mol. The third-order valence-corrected chi connectivity index (χ3v) is 4.41. The van der Waals surface area contributed by atoms with Gasteiger partial charge in [-0.3, -0.25) is 0 Å². The summed E-state index contributed by atoms with van der Waals surface area (Å²) < 4.78 is 5.43. The van der Waals surface area contributed by atoms with E-state index < -0.39 is 0 Å². The van der Waals surface area contributed by atoms with Crippen molar-refractivity contribution in [3.8, 4) is 11.1 Å². The van der Waals surface area contributed by atoms with E-state index in [0.717, 1.165) is 16.7 Å². The molecule has 1 aromatic heterocycles. The van der Waals surface area contributed by atoms with Crippen molar-refractivity contribution in [1.82, 2.24) is 0 Å². The standard InChI is InChI=1S/C19H17NO2S/c1-13-7-9-15(10-8-13)16-12-23-18(20)17(16)19(21)22-11-14-5-3-2-4-6-14/h2-10,12H,11,20H2,1H3. The Balaban J connectivity index is 1.83. The van der Waals surface area contributed by atoms with Crippen LogP contribution in [-0.4, -0.2) is 5.97 Å². The van der Waals surface area contributed by atoms with Crippen LogP contribution >= 0.6 is 11.3 Å². The maximum atomic E-state index is 12.5. The summed E-state index contributed by atoms with van der Waals surface area (Å²) in [4.78, 5) is 12.5. The Morgan fingerprint density at radius 1 is 1.09 bits per heavy atom. The lowest BCUT2D eigenvalue weighted by atomic mass is 10.0. The van der Waals surface area contributed by atoms with Gasteiger partial charge in [-0.2, -0.15) is 0 Å². The van der Waals surface area contributed by atoms with Gasteiger partial charge in [0, 0.05) is 10.9 Å². The Morgan fingerprint density at radius 3 is 2.48 bits per heavy atom. The lowest BCUT2D eigenvalue weighted by Gasteiger charge is -2.08. The first-order valence-corrected chi connectivity index (χ1v) is 8.18. The number of esters is 1. The summed E-state index contributed by atoms with van der Waals surface area (Å²) in [5.41, 5.74) is 10.4. The number of hydrogen-bond acceptors (Lipinski definition) is 4. The van der Waals surface area contributed by atoms with Gasteiger partial charge in [0.05, 0.1) is 0 Å². The number of benzene rings is 2. The zero-order chi connectivity index (χ0) is 16.2. The van der Waals surface area contributed by atoms with Gasteiger partial charge in [-0.15, -0.1) is 11.3 Å². The molecular weight excluding hydrogens is 306 g/mol. The molecule has 116 valence electrons. The number of anilines is 1. The molecule has 0 aliphatic heterocycles. The molecule has 3 nitrogen and oxygen atoms in total. The van der Waals surface area contributed by atoms with Crippen LogP contribution in [0.2, 0.25) is 0 Å². The first-order valence-electron chi connectivity index (χ1n) is 7.30. The highest BCUT2D eigenvalue weighted by Crippen LogP contribution is 2.34. The first-order chi connectivity index (χ1) is 11.1. The molecular formula is C19H17NO2S. The van der Waals surface area contributed by atoms with Crippen LogP contribution in [0.15, 0.2) is 60.0 Å². The van der Waals surface area contributed by atoms with Crippen molar-refractivity contribution in [2.75, 3.05) is 5.73 Å². The average molecular weight is 323 g/mol. The van der Waals surface area contributed by atoms with Crippen molar-refractivity contribution in [3.05, 3.63) is 76.7 Å². The van der Waals surface area contributed by atoms with E-state index >= 15 is 0 Å². The minimum absolute atomic E-state index is 0.238. The number of thiophene rings is 1. The first kappa shape index (κ1) is 15.3. The molecule has 0 bridgehead atoms. The predicted octanol–water partition coefficient (Wildman–Crippen LogP) is 4.66. The maximum Gasteiger partial charge on any atom is 0.342 e. The molecule has 0 unspecified atom stereocenters. The van der Waals surface area contributed by atoms with Crippen molar-refractivity contribution in [1.29, 1.82) is 0 Å². The Kier molecular flexibility index (Phi) is 4.44. The van der Waals surface area contributed by atoms with Gasteiger partial charge in [0.15, 0.2) is 0 Å². The molecule has 0 aliphatic rings. The van der Waals surface area contributed by atoms with Gasteiger partial charge >= 0.3 is 5.97 Å². The number of rotatable bonds is 4. The van der Waals surface area contributed by atoms with Crippen LogP contribution in [0.4, 0.5) is 5.00 Å². The van der Waals surface area contributed by atoms with Crippen LogP contribution in [0.1, 0.15) is 21.5 Å². The van der Waals surface area contributed by atoms with E-state index in [-0.39, 0.29) is 12.6 Å². The third kappa shape index (κ3) is 3.43. The molecule has 2 aromatic carbocycles. The molecule has 0 atom stereocenters. The summed E-state index contributed by atoms with van der Waals surface area (Å²) in [6, 6.07) is 17.6. The van der Waals surface area contributed by atoms with Gasteiger partial charge in [0.1, 0.15) is 17.2 Å². The lowest BCUT2D eigenvalue weighted by Crippen LogP contribution is -2.07. The van der Waals surface area contributed by atoms with E-state index in [1.165, 1.54) is 16.9 Å². The van der Waals surface area contributed by atoms with Crippen molar-refractivity contribution < 1.29 is 9.53 Å². The van der Waals surface area contributed by atoms with Gasteiger partial charge in [-0.05, 0) is 18.1 Å². The Labute approximate surface area is 139 Å². The highest BCUT2D eigenvalue weighted by Gasteiger charge is 2.20. The summed E-state index contributed by atoms with van der Waals surface area (Å²) in [7, 11) is 0. The summed E-state index contributed by atoms with van der Waals surface area (Å²) in [5.74, 6) is -0.386. The van der Waals surface area contributed by atoms with Crippen molar-refractivity contribution in [3.63, 3.8) is 0 Å². The molecule has 1 heterocycles. The molecule has 3 aromatic rings. The molecule has 4 heteroatoms. The normalized spacial score (nSPS) is 10.5. The van der Waals surface area contributed by atoms with Crippen LogP contribution in [0.25, 0.3) is 11.1 Å². The van der Waals surface area contributed by atoms with Gasteiger partial charge < -0.3 is 10.5 Å². The van der Waals surface area contributed by atoms with Crippen molar-refractivity contribution >= 4 is 22.3 Å². The molecule has 0 amide bonds. The fourth-order valence-corrected chi connectivity index (χ4v) is 3.13. The Morgan fingerprint density at radius 2 is 1.78 bits per heavy atom. The number of hydrogen-bond donors (Lipinski definition) is 1. The summed E-state index contributed by atoms with van der Waals surface area (Å²) in [5, 5.41) is 2.39. The number of carbonyl (C=O) groups excluding carboxylic acids is 1. The number of nitrogens with two attached hydrogens (primary N) is 1. The molecule has 3 rings (SSSR count). The molecule has 2 N–H and O–H groups in total. The second-order valence-electron chi connectivity index (χ2n) is 5.32. The molecule has 23 heavy (non-hydrogen) atoms. The van der Waals surface area contributed by atoms with Crippen LogP contribution < -0.4 is 5.73 Å². The zero-order valence-corrected chi connectivity index (χ0v) is 13.6. The van der Waals surface area contributed by atoms with Crippen molar-refractivity contribution in [2.24, 2.45) is 0 Å². The smallest absolute Gasteiger partial charge is 0.342 e. The highest BCUT2D eigenvalue weighted by molar-refractivity contribution is 7.14. The van der Waals surface area contributed by atoms with E-state index in [2.05, 4.69) is 0 Å². The maximum absolute atomic E-state index is 12.5. The number of nitrogen functional groups attached to an aromatic ring is 1. The largest absolute Gasteiger partial charge is 0.457 e. The highest BCUT2D eigenvalue weighted by atomic mass is 32.1. The Hall–Kier alpha value is -2.59. The summed E-state index contributed by atoms with van der Waals surface area (Å²) in [6.07, 6.45) is 0. The van der Waals surface area contributed by atoms with E-state index in [4.69, 9.17) is 10.5 Å². The number of aryl methyl sites for hydroxylation is 1. The minimum Gasteiger partial charge on any atom is -0.457 e. The molecule has 0 saturated carbocycles. The summed E-state index contributed by atoms with van der Waals surface area (Å²) >= 11 is 1.36. The topological polar surface area (TPSA) is 52.3 Å². The lowest BCUT2D eigenvalue weighted by molar-refractivity contribution is 0.0475. The molecule has 0 fully saturated rings. The van der Waals surface area contributed by atoms with E-state index in [9.17, 15) is 4.79 Å². The van der Waals surface area contributed by atoms with E-state index in [1.54, 1.807) is 0 Å². The van der Waals surface area contributed by atoms with Crippen LogP contribution in [-0.2, 0) is 11.3 Å². The van der Waals surface area contributed by atoms with E-state index in [0.29, 0.717) is 10.6 Å². The SMILES string of the molecule is Cc1ccc(-c2csc(N)c2C(=O)OCc2ccccc2)cc1. The van der Waals surface area contributed by atoms with Gasteiger partial charge in [0.25, 0.3) is 0 Å². The van der Waals surface area contributed by atoms with Crippen LogP contribution in [0.3, 0.4) is 0 Å². The van der Waals surface area contributed by atoms with Crippen LogP contribution in [0, 0.1) is 6.92 Å². The number of carbonyl (C=O) groups is 1. The number of ether oxygens (including phenoxy) is 1. The van der Waals surface area contributed by atoms with Gasteiger partial charge in [0.2, 0.25) is 0 Å². The zero-order valence-electron chi connectivity index (χ0n) is 12.8. The molecule has 0 spiro atoms. The fraction of sp³-hybridized carbons (Fsp3) is 0.105. The third-order valence-electron chi connectivity index (χ3n) is 3.60. The minimum atomic E-state index is -0.386. The van der Waals surface area contributed by atoms with Gasteiger partial charge in [-0.25, -0.2) is 4.79 Å². The van der Waals surface area contributed by atoms with E-state index in [1.807, 2.05) is 66.9 Å². The Bertz CT molecular complexity index is 807. The fourth-order valence-electron chi connectivity index (χ4n) is 2.32. The van der Waals surface area contributed by atoms with Gasteiger partial charge in [-0.1, -0.05) is 60.2 Å². The average Bonchev–Trinajstić information content (AvgIpc) is 2.96. The predicted molar refractivity (Wildman–Crippen MR) is 94.5 cm³/mol. The van der Waals surface area contributed by atoms with Crippen LogP contribution in [0.5, 0.6) is 0 Å².